The monoisotopic (exact) mass is 238 g/mol. The molecule has 0 fully saturated rings. The third kappa shape index (κ3) is 4.93. The Kier molecular flexibility index (Phi) is 6.39. The Morgan fingerprint density at radius 2 is 2.00 bits per heavy atom. The first-order chi connectivity index (χ1) is 7.74. The van der Waals surface area contributed by atoms with Gasteiger partial charge in [-0.25, -0.2) is 0 Å². The lowest BCUT2D eigenvalue weighted by atomic mass is 10.1. The molecule has 1 aromatic rings. The standard InChI is InChI=1S/C14H22OS/c1-3-4-5-6-9-16-11-13-7-8-14(15)10-12(13)2/h7-8,10,15H,3-6,9,11H2,1-2H3. The highest BCUT2D eigenvalue weighted by Crippen LogP contribution is 2.21. The van der Waals surface area contributed by atoms with Crippen LogP contribution < -0.4 is 0 Å². The van der Waals surface area contributed by atoms with Gasteiger partial charge in [-0.1, -0.05) is 32.3 Å². The molecule has 0 aliphatic heterocycles. The molecule has 90 valence electrons. The highest BCUT2D eigenvalue weighted by atomic mass is 32.2. The fourth-order valence-electron chi connectivity index (χ4n) is 1.66. The van der Waals surface area contributed by atoms with Crippen LogP contribution in [0.1, 0.15) is 43.7 Å². The van der Waals surface area contributed by atoms with Gasteiger partial charge in [0.05, 0.1) is 0 Å². The SMILES string of the molecule is CCCCCCSCc1ccc(O)cc1C. The molecule has 1 aromatic carbocycles. The maximum atomic E-state index is 9.30. The number of aromatic hydroxyl groups is 1. The van der Waals surface area contributed by atoms with Crippen LogP contribution in [0.4, 0.5) is 0 Å². The van der Waals surface area contributed by atoms with Crippen molar-refractivity contribution in [2.75, 3.05) is 5.75 Å². The predicted molar refractivity (Wildman–Crippen MR) is 73.1 cm³/mol. The van der Waals surface area contributed by atoms with Gasteiger partial charge in [-0.2, -0.15) is 11.8 Å². The lowest BCUT2D eigenvalue weighted by Crippen LogP contribution is -1.88. The first kappa shape index (κ1) is 13.4. The van der Waals surface area contributed by atoms with Crippen LogP contribution in [0.25, 0.3) is 0 Å². The Balaban J connectivity index is 2.21. The lowest BCUT2D eigenvalue weighted by molar-refractivity contribution is 0.474. The Morgan fingerprint density at radius 3 is 2.69 bits per heavy atom. The molecule has 0 saturated heterocycles. The average molecular weight is 238 g/mol. The molecule has 0 atom stereocenters. The van der Waals surface area contributed by atoms with Crippen molar-refractivity contribution in [3.05, 3.63) is 29.3 Å². The van der Waals surface area contributed by atoms with Crippen LogP contribution >= 0.6 is 11.8 Å². The summed E-state index contributed by atoms with van der Waals surface area (Å²) in [5.41, 5.74) is 2.54. The molecular formula is C14H22OS. The quantitative estimate of drug-likeness (QED) is 0.705. The minimum absolute atomic E-state index is 0.370. The number of phenols is 1. The molecule has 0 aromatic heterocycles. The van der Waals surface area contributed by atoms with E-state index in [1.807, 2.05) is 23.9 Å². The van der Waals surface area contributed by atoms with Crippen LogP contribution in [0.2, 0.25) is 0 Å². The van der Waals surface area contributed by atoms with Crippen molar-refractivity contribution in [2.45, 2.75) is 45.3 Å². The molecule has 16 heavy (non-hydrogen) atoms. The molecule has 1 N–H and O–H groups in total. The minimum Gasteiger partial charge on any atom is -0.508 e. The summed E-state index contributed by atoms with van der Waals surface area (Å²) in [6.45, 7) is 4.31. The van der Waals surface area contributed by atoms with Crippen molar-refractivity contribution in [3.8, 4) is 5.75 Å². The summed E-state index contributed by atoms with van der Waals surface area (Å²) in [5, 5.41) is 9.30. The van der Waals surface area contributed by atoms with Gasteiger partial charge < -0.3 is 5.11 Å². The molecule has 0 aliphatic carbocycles. The number of benzene rings is 1. The highest BCUT2D eigenvalue weighted by Gasteiger charge is 1.99. The summed E-state index contributed by atoms with van der Waals surface area (Å²) in [6, 6.07) is 5.65. The second-order valence-corrected chi connectivity index (χ2v) is 5.33. The zero-order valence-electron chi connectivity index (χ0n) is 10.3. The van der Waals surface area contributed by atoms with Crippen molar-refractivity contribution >= 4 is 11.8 Å². The molecule has 0 amide bonds. The molecule has 0 radical (unpaired) electrons. The normalized spacial score (nSPS) is 10.6. The van der Waals surface area contributed by atoms with Gasteiger partial charge in [0.25, 0.3) is 0 Å². The number of thioether (sulfide) groups is 1. The summed E-state index contributed by atoms with van der Waals surface area (Å²) in [6.07, 6.45) is 5.36. The van der Waals surface area contributed by atoms with Crippen molar-refractivity contribution in [2.24, 2.45) is 0 Å². The van der Waals surface area contributed by atoms with Crippen LogP contribution in [-0.2, 0) is 5.75 Å². The number of phenolic OH excluding ortho intramolecular Hbond substituents is 1. The molecule has 0 heterocycles. The van der Waals surface area contributed by atoms with E-state index in [-0.39, 0.29) is 0 Å². The van der Waals surface area contributed by atoms with Crippen LogP contribution in [0, 0.1) is 6.92 Å². The van der Waals surface area contributed by atoms with Crippen molar-refractivity contribution in [1.82, 2.24) is 0 Å². The van der Waals surface area contributed by atoms with E-state index in [4.69, 9.17) is 0 Å². The third-order valence-electron chi connectivity index (χ3n) is 2.73. The van der Waals surface area contributed by atoms with Crippen LogP contribution in [-0.4, -0.2) is 10.9 Å². The summed E-state index contributed by atoms with van der Waals surface area (Å²) in [5.74, 6) is 2.69. The Bertz CT molecular complexity index is 310. The van der Waals surface area contributed by atoms with E-state index in [0.717, 1.165) is 5.75 Å². The van der Waals surface area contributed by atoms with E-state index in [2.05, 4.69) is 13.8 Å². The van der Waals surface area contributed by atoms with Crippen molar-refractivity contribution in [3.63, 3.8) is 0 Å². The summed E-state index contributed by atoms with van der Waals surface area (Å²) >= 11 is 2.00. The first-order valence-electron chi connectivity index (χ1n) is 6.10. The molecular weight excluding hydrogens is 216 g/mol. The van der Waals surface area contributed by atoms with E-state index in [0.29, 0.717) is 5.75 Å². The number of unbranched alkanes of at least 4 members (excludes halogenated alkanes) is 3. The van der Waals surface area contributed by atoms with Gasteiger partial charge in [-0.05, 0) is 42.4 Å². The van der Waals surface area contributed by atoms with Gasteiger partial charge in [0.15, 0.2) is 0 Å². The van der Waals surface area contributed by atoms with Crippen LogP contribution in [0.5, 0.6) is 5.75 Å². The highest BCUT2D eigenvalue weighted by molar-refractivity contribution is 7.98. The molecule has 0 bridgehead atoms. The first-order valence-corrected chi connectivity index (χ1v) is 7.25. The molecule has 0 saturated carbocycles. The van der Waals surface area contributed by atoms with Gasteiger partial charge in [0, 0.05) is 5.75 Å². The van der Waals surface area contributed by atoms with E-state index >= 15 is 0 Å². The maximum absolute atomic E-state index is 9.30. The molecule has 1 nitrogen and oxygen atoms in total. The largest absolute Gasteiger partial charge is 0.508 e. The molecule has 0 spiro atoms. The maximum Gasteiger partial charge on any atom is 0.115 e. The van der Waals surface area contributed by atoms with E-state index in [9.17, 15) is 5.11 Å². The Labute approximate surface area is 103 Å². The van der Waals surface area contributed by atoms with Gasteiger partial charge in [-0.15, -0.1) is 0 Å². The Morgan fingerprint density at radius 1 is 1.19 bits per heavy atom. The molecule has 2 heteroatoms. The second-order valence-electron chi connectivity index (χ2n) is 4.22. The smallest absolute Gasteiger partial charge is 0.115 e. The number of hydrogen-bond acceptors (Lipinski definition) is 2. The fourth-order valence-corrected chi connectivity index (χ4v) is 2.75. The van der Waals surface area contributed by atoms with Crippen LogP contribution in [0.3, 0.4) is 0 Å². The number of hydrogen-bond donors (Lipinski definition) is 1. The van der Waals surface area contributed by atoms with Gasteiger partial charge in [-0.3, -0.25) is 0 Å². The zero-order chi connectivity index (χ0) is 11.8. The van der Waals surface area contributed by atoms with Gasteiger partial charge in [0.2, 0.25) is 0 Å². The van der Waals surface area contributed by atoms with E-state index in [1.165, 1.54) is 42.6 Å². The minimum atomic E-state index is 0.370. The van der Waals surface area contributed by atoms with E-state index in [1.54, 1.807) is 6.07 Å². The number of rotatable bonds is 7. The average Bonchev–Trinajstić information content (AvgIpc) is 2.26. The lowest BCUT2D eigenvalue weighted by Gasteiger charge is -2.06. The zero-order valence-corrected chi connectivity index (χ0v) is 11.1. The molecule has 0 unspecified atom stereocenters. The van der Waals surface area contributed by atoms with E-state index < -0.39 is 0 Å². The summed E-state index contributed by atoms with van der Waals surface area (Å²) < 4.78 is 0. The molecule has 1 rings (SSSR count). The second kappa shape index (κ2) is 7.61. The molecule has 0 aliphatic rings. The predicted octanol–water partition coefficient (Wildman–Crippen LogP) is 4.51. The third-order valence-corrected chi connectivity index (χ3v) is 3.82. The Hall–Kier alpha value is -0.630. The van der Waals surface area contributed by atoms with Crippen molar-refractivity contribution < 1.29 is 5.11 Å². The van der Waals surface area contributed by atoms with Crippen molar-refractivity contribution in [1.29, 1.82) is 0 Å². The fraction of sp³-hybridized carbons (Fsp3) is 0.571. The topological polar surface area (TPSA) is 20.2 Å². The van der Waals surface area contributed by atoms with Crippen LogP contribution in [0.15, 0.2) is 18.2 Å². The summed E-state index contributed by atoms with van der Waals surface area (Å²) in [7, 11) is 0. The number of aryl methyl sites for hydroxylation is 1. The summed E-state index contributed by atoms with van der Waals surface area (Å²) in [4.78, 5) is 0. The van der Waals surface area contributed by atoms with Gasteiger partial charge >= 0.3 is 0 Å². The van der Waals surface area contributed by atoms with Gasteiger partial charge in [0.1, 0.15) is 5.75 Å².